The van der Waals surface area contributed by atoms with Gasteiger partial charge in [0.2, 0.25) is 0 Å². The molecule has 0 radical (unpaired) electrons. The van der Waals surface area contributed by atoms with Gasteiger partial charge in [0.25, 0.3) is 0 Å². The number of hydrogen-bond donors (Lipinski definition) is 2. The van der Waals surface area contributed by atoms with Crippen molar-refractivity contribution in [3.05, 3.63) is 59.3 Å². The van der Waals surface area contributed by atoms with Crippen molar-refractivity contribution in [2.24, 2.45) is 0 Å². The van der Waals surface area contributed by atoms with E-state index in [0.717, 1.165) is 39.2 Å². The maximum Gasteiger partial charge on any atom is 0.323 e. The Morgan fingerprint density at radius 2 is 1.93 bits per heavy atom. The van der Waals surface area contributed by atoms with Gasteiger partial charge in [0.15, 0.2) is 11.5 Å². The Morgan fingerprint density at radius 1 is 1.11 bits per heavy atom. The Labute approximate surface area is 156 Å². The Morgan fingerprint density at radius 3 is 2.78 bits per heavy atom. The van der Waals surface area contributed by atoms with E-state index in [9.17, 15) is 4.79 Å². The molecule has 2 N–H and O–H groups in total. The standard InChI is InChI=1S/C21H20N2O4/c1-25-21(24)16-11-14-13-4-2-3-5-15(13)22-20(14)19(23-16)12-6-7-17-18(10-12)27-9-8-26-17/h2-7,10,16,19,22-23H,8-9,11H2,1H3/t16-,19-/m1/s1. The second-order valence-corrected chi connectivity index (χ2v) is 6.85. The van der Waals surface area contributed by atoms with Crippen molar-refractivity contribution in [1.82, 2.24) is 10.3 Å². The lowest BCUT2D eigenvalue weighted by Gasteiger charge is -2.31. The van der Waals surface area contributed by atoms with Crippen molar-refractivity contribution < 1.29 is 19.0 Å². The number of rotatable bonds is 2. The number of hydrogen-bond acceptors (Lipinski definition) is 5. The molecule has 3 heterocycles. The van der Waals surface area contributed by atoms with Crippen LogP contribution in [0, 0.1) is 0 Å². The number of para-hydroxylation sites is 1. The molecule has 0 amide bonds. The van der Waals surface area contributed by atoms with Gasteiger partial charge in [-0.2, -0.15) is 0 Å². The maximum absolute atomic E-state index is 12.3. The lowest BCUT2D eigenvalue weighted by atomic mass is 9.90. The number of carbonyl (C=O) groups excluding carboxylic acids is 1. The summed E-state index contributed by atoms with van der Waals surface area (Å²) in [6, 6.07) is 13.5. The lowest BCUT2D eigenvalue weighted by molar-refractivity contribution is -0.143. The van der Waals surface area contributed by atoms with Crippen molar-refractivity contribution in [1.29, 1.82) is 0 Å². The van der Waals surface area contributed by atoms with Crippen LogP contribution < -0.4 is 14.8 Å². The van der Waals surface area contributed by atoms with Crippen LogP contribution in [0.2, 0.25) is 0 Å². The first-order valence-electron chi connectivity index (χ1n) is 9.07. The minimum absolute atomic E-state index is 0.166. The molecule has 0 bridgehead atoms. The third-order valence-electron chi connectivity index (χ3n) is 5.30. The molecule has 0 saturated heterocycles. The smallest absolute Gasteiger partial charge is 0.323 e. The summed E-state index contributed by atoms with van der Waals surface area (Å²) in [5.41, 5.74) is 4.31. The second-order valence-electron chi connectivity index (χ2n) is 6.85. The van der Waals surface area contributed by atoms with E-state index in [1.807, 2.05) is 30.3 Å². The summed E-state index contributed by atoms with van der Waals surface area (Å²) in [7, 11) is 1.42. The van der Waals surface area contributed by atoms with Crippen LogP contribution in [0.5, 0.6) is 11.5 Å². The molecule has 2 aromatic carbocycles. The number of methoxy groups -OCH3 is 1. The SMILES string of the molecule is COC(=O)[C@H]1Cc2c([nH]c3ccccc23)[C@@H](c2ccc3c(c2)OCCO3)N1. The fourth-order valence-electron chi connectivity index (χ4n) is 4.03. The number of H-pyrrole nitrogens is 1. The van der Waals surface area contributed by atoms with Gasteiger partial charge in [-0.1, -0.05) is 24.3 Å². The largest absolute Gasteiger partial charge is 0.486 e. The topological polar surface area (TPSA) is 72.6 Å². The fourth-order valence-corrected chi connectivity index (χ4v) is 4.03. The van der Waals surface area contributed by atoms with Crippen LogP contribution in [0.4, 0.5) is 0 Å². The number of benzene rings is 2. The van der Waals surface area contributed by atoms with Crippen molar-refractivity contribution >= 4 is 16.9 Å². The number of nitrogens with one attached hydrogen (secondary N) is 2. The Hall–Kier alpha value is -2.99. The lowest BCUT2D eigenvalue weighted by Crippen LogP contribution is -2.45. The zero-order valence-corrected chi connectivity index (χ0v) is 15.0. The zero-order valence-electron chi connectivity index (χ0n) is 15.0. The van der Waals surface area contributed by atoms with Gasteiger partial charge in [0.1, 0.15) is 19.3 Å². The molecule has 0 aliphatic carbocycles. The fraction of sp³-hybridized carbons (Fsp3) is 0.286. The average molecular weight is 364 g/mol. The summed E-state index contributed by atoms with van der Waals surface area (Å²) in [5.74, 6) is 1.23. The molecule has 3 aromatic rings. The van der Waals surface area contributed by atoms with Gasteiger partial charge < -0.3 is 19.2 Å². The van der Waals surface area contributed by atoms with Crippen molar-refractivity contribution in [2.75, 3.05) is 20.3 Å². The Balaban J connectivity index is 1.64. The minimum Gasteiger partial charge on any atom is -0.486 e. The summed E-state index contributed by atoms with van der Waals surface area (Å²) in [6.07, 6.45) is 0.590. The van der Waals surface area contributed by atoms with Gasteiger partial charge >= 0.3 is 5.97 Å². The van der Waals surface area contributed by atoms with E-state index in [0.29, 0.717) is 19.6 Å². The van der Waals surface area contributed by atoms with Gasteiger partial charge in [-0.25, -0.2) is 0 Å². The van der Waals surface area contributed by atoms with Gasteiger partial charge in [0.05, 0.1) is 13.2 Å². The monoisotopic (exact) mass is 364 g/mol. The van der Waals surface area contributed by atoms with Crippen molar-refractivity contribution in [2.45, 2.75) is 18.5 Å². The molecular formula is C21H20N2O4. The molecule has 2 aliphatic heterocycles. The highest BCUT2D eigenvalue weighted by Crippen LogP contribution is 2.39. The first kappa shape index (κ1) is 16.2. The van der Waals surface area contributed by atoms with Gasteiger partial charge in [0, 0.05) is 23.0 Å². The van der Waals surface area contributed by atoms with E-state index >= 15 is 0 Å². The van der Waals surface area contributed by atoms with E-state index in [1.54, 1.807) is 0 Å². The highest BCUT2D eigenvalue weighted by Gasteiger charge is 2.34. The summed E-state index contributed by atoms with van der Waals surface area (Å²) in [5, 5.41) is 4.59. The summed E-state index contributed by atoms with van der Waals surface area (Å²) in [4.78, 5) is 15.8. The third kappa shape index (κ3) is 2.64. The highest BCUT2D eigenvalue weighted by atomic mass is 16.6. The quantitative estimate of drug-likeness (QED) is 0.684. The molecule has 2 aliphatic rings. The van der Waals surface area contributed by atoms with Crippen LogP contribution in [-0.4, -0.2) is 37.3 Å². The third-order valence-corrected chi connectivity index (χ3v) is 5.30. The van der Waals surface area contributed by atoms with Crippen LogP contribution >= 0.6 is 0 Å². The normalized spacial score (nSPS) is 20.9. The van der Waals surface area contributed by atoms with Crippen molar-refractivity contribution in [3.8, 4) is 11.5 Å². The maximum atomic E-state index is 12.3. The van der Waals surface area contributed by atoms with E-state index in [2.05, 4.69) is 22.4 Å². The van der Waals surface area contributed by atoms with E-state index in [4.69, 9.17) is 14.2 Å². The average Bonchev–Trinajstić information content (AvgIpc) is 3.11. The van der Waals surface area contributed by atoms with Gasteiger partial charge in [-0.15, -0.1) is 0 Å². The second kappa shape index (κ2) is 6.32. The predicted octanol–water partition coefficient (Wildman–Crippen LogP) is 2.72. The number of fused-ring (bicyclic) bond motifs is 4. The van der Waals surface area contributed by atoms with Crippen LogP contribution in [0.1, 0.15) is 22.9 Å². The van der Waals surface area contributed by atoms with Crippen LogP contribution in [0.25, 0.3) is 10.9 Å². The van der Waals surface area contributed by atoms with E-state index in [-0.39, 0.29) is 12.0 Å². The molecule has 5 rings (SSSR count). The first-order valence-corrected chi connectivity index (χ1v) is 9.07. The van der Waals surface area contributed by atoms with E-state index < -0.39 is 6.04 Å². The first-order chi connectivity index (χ1) is 13.2. The molecule has 0 spiro atoms. The van der Waals surface area contributed by atoms with Crippen LogP contribution in [-0.2, 0) is 16.0 Å². The molecular weight excluding hydrogens is 344 g/mol. The molecule has 0 unspecified atom stereocenters. The number of esters is 1. The number of aromatic amines is 1. The van der Waals surface area contributed by atoms with Crippen molar-refractivity contribution in [3.63, 3.8) is 0 Å². The van der Waals surface area contributed by atoms with E-state index in [1.165, 1.54) is 7.11 Å². The summed E-state index contributed by atoms with van der Waals surface area (Å²) in [6.45, 7) is 1.10. The molecule has 138 valence electrons. The molecule has 0 fully saturated rings. The Bertz CT molecular complexity index is 1030. The molecule has 0 saturated carbocycles. The molecule has 6 heteroatoms. The Kier molecular flexibility index (Phi) is 3.79. The molecule has 27 heavy (non-hydrogen) atoms. The predicted molar refractivity (Wildman–Crippen MR) is 100 cm³/mol. The number of ether oxygens (including phenoxy) is 3. The summed E-state index contributed by atoms with van der Waals surface area (Å²) < 4.78 is 16.4. The minimum atomic E-state index is -0.403. The molecule has 1 aromatic heterocycles. The van der Waals surface area contributed by atoms with Gasteiger partial charge in [-0.3, -0.25) is 10.1 Å². The number of aromatic nitrogens is 1. The zero-order chi connectivity index (χ0) is 18.4. The summed E-state index contributed by atoms with van der Waals surface area (Å²) >= 11 is 0. The van der Waals surface area contributed by atoms with Crippen LogP contribution in [0.15, 0.2) is 42.5 Å². The molecule has 2 atom stereocenters. The number of carbonyl (C=O) groups is 1. The highest BCUT2D eigenvalue weighted by molar-refractivity contribution is 5.87. The molecule has 6 nitrogen and oxygen atoms in total. The van der Waals surface area contributed by atoms with Gasteiger partial charge in [-0.05, 0) is 29.3 Å². The van der Waals surface area contributed by atoms with Crippen LogP contribution in [0.3, 0.4) is 0 Å².